The molecule has 2 heterocycles. The van der Waals surface area contributed by atoms with Crippen molar-refractivity contribution < 1.29 is 9.47 Å². The monoisotopic (exact) mass is 340 g/mol. The first-order valence-electron chi connectivity index (χ1n) is 7.76. The normalized spacial score (nSPS) is 10.9. The number of nitrogens with one attached hydrogen (secondary N) is 1. The van der Waals surface area contributed by atoms with Crippen LogP contribution < -0.4 is 20.9 Å². The maximum atomic E-state index is 6.00. The summed E-state index contributed by atoms with van der Waals surface area (Å²) in [6, 6.07) is 3.84. The second-order valence-electron chi connectivity index (χ2n) is 5.79. The first-order chi connectivity index (χ1) is 12.0. The highest BCUT2D eigenvalue weighted by Crippen LogP contribution is 2.40. The van der Waals surface area contributed by atoms with Gasteiger partial charge in [-0.15, -0.1) is 0 Å². The quantitative estimate of drug-likeness (QED) is 0.652. The maximum absolute atomic E-state index is 6.00. The van der Waals surface area contributed by atoms with E-state index in [-0.39, 0.29) is 17.7 Å². The van der Waals surface area contributed by atoms with Crippen molar-refractivity contribution in [1.29, 1.82) is 0 Å². The number of hydrogen-bond acceptors (Lipinski definition) is 7. The Kier molecular flexibility index (Phi) is 4.42. The summed E-state index contributed by atoms with van der Waals surface area (Å²) in [6.07, 6.45) is 4.79. The van der Waals surface area contributed by atoms with E-state index in [2.05, 4.69) is 33.8 Å². The van der Waals surface area contributed by atoms with E-state index in [1.807, 2.05) is 12.1 Å². The predicted molar refractivity (Wildman–Crippen MR) is 95.6 cm³/mol. The third-order valence-corrected chi connectivity index (χ3v) is 3.76. The topological polar surface area (TPSA) is 125 Å². The summed E-state index contributed by atoms with van der Waals surface area (Å²) in [6.45, 7) is 4.14. The first-order valence-corrected chi connectivity index (χ1v) is 7.76. The van der Waals surface area contributed by atoms with E-state index in [0.717, 1.165) is 22.6 Å². The molecule has 0 spiro atoms. The number of hydrogen-bond donors (Lipinski definition) is 3. The summed E-state index contributed by atoms with van der Waals surface area (Å²) in [5.41, 5.74) is 14.0. The lowest BCUT2D eigenvalue weighted by Crippen LogP contribution is -2.03. The largest absolute Gasteiger partial charge is 0.496 e. The number of aromatic amines is 1. The Morgan fingerprint density at radius 3 is 2.48 bits per heavy atom. The Morgan fingerprint density at radius 2 is 1.88 bits per heavy atom. The van der Waals surface area contributed by atoms with Crippen molar-refractivity contribution in [3.63, 3.8) is 0 Å². The van der Waals surface area contributed by atoms with Crippen molar-refractivity contribution in [3.8, 4) is 28.5 Å². The molecule has 0 fully saturated rings. The summed E-state index contributed by atoms with van der Waals surface area (Å²) < 4.78 is 11.5. The van der Waals surface area contributed by atoms with Gasteiger partial charge in [0.25, 0.3) is 0 Å². The summed E-state index contributed by atoms with van der Waals surface area (Å²) >= 11 is 0. The molecule has 0 bridgehead atoms. The average molecular weight is 340 g/mol. The predicted octanol–water partition coefficient (Wildman–Crippen LogP) is 2.96. The number of benzene rings is 1. The minimum Gasteiger partial charge on any atom is -0.496 e. The second-order valence-corrected chi connectivity index (χ2v) is 5.79. The van der Waals surface area contributed by atoms with Gasteiger partial charge in [0.05, 0.1) is 31.5 Å². The fourth-order valence-corrected chi connectivity index (χ4v) is 2.49. The van der Waals surface area contributed by atoms with Crippen LogP contribution in [0.5, 0.6) is 17.2 Å². The molecule has 0 unspecified atom stereocenters. The molecule has 5 N–H and O–H groups in total. The molecule has 0 saturated carbocycles. The van der Waals surface area contributed by atoms with E-state index in [4.69, 9.17) is 20.9 Å². The van der Waals surface area contributed by atoms with Gasteiger partial charge in [-0.1, -0.05) is 13.8 Å². The zero-order valence-electron chi connectivity index (χ0n) is 14.3. The number of nitrogens with two attached hydrogens (primary N) is 2. The molecule has 2 aromatic heterocycles. The highest BCUT2D eigenvalue weighted by molar-refractivity contribution is 5.70. The van der Waals surface area contributed by atoms with Gasteiger partial charge in [0.15, 0.2) is 11.6 Å². The number of methoxy groups -OCH3 is 1. The number of ether oxygens (including phenoxy) is 2. The number of aromatic nitrogens is 4. The van der Waals surface area contributed by atoms with Crippen molar-refractivity contribution in [2.45, 2.75) is 19.8 Å². The minimum absolute atomic E-state index is 0.0989. The van der Waals surface area contributed by atoms with Crippen LogP contribution in [0.4, 0.5) is 11.8 Å². The zero-order valence-corrected chi connectivity index (χ0v) is 14.3. The third kappa shape index (κ3) is 3.32. The van der Waals surface area contributed by atoms with E-state index < -0.39 is 0 Å². The van der Waals surface area contributed by atoms with Crippen LogP contribution in [-0.2, 0) is 0 Å². The van der Waals surface area contributed by atoms with Crippen LogP contribution in [0.15, 0.2) is 30.9 Å². The SMILES string of the molecule is COc1cc(C(C)C)c(Oc2cnc(N)nc2N)cc1-c1cnc[nH]1. The molecule has 3 rings (SSSR count). The van der Waals surface area contributed by atoms with Crippen molar-refractivity contribution in [2.24, 2.45) is 0 Å². The number of nitrogens with zero attached hydrogens (tertiary/aromatic N) is 3. The van der Waals surface area contributed by atoms with Crippen LogP contribution in [0.3, 0.4) is 0 Å². The molecule has 3 aromatic rings. The van der Waals surface area contributed by atoms with E-state index in [9.17, 15) is 0 Å². The van der Waals surface area contributed by atoms with Crippen LogP contribution in [0.2, 0.25) is 0 Å². The van der Waals surface area contributed by atoms with Gasteiger partial charge in [-0.05, 0) is 18.1 Å². The van der Waals surface area contributed by atoms with Gasteiger partial charge >= 0.3 is 0 Å². The number of nitrogen functional groups attached to an aromatic ring is 2. The van der Waals surface area contributed by atoms with Crippen molar-refractivity contribution in [3.05, 3.63) is 36.4 Å². The van der Waals surface area contributed by atoms with Crippen molar-refractivity contribution in [2.75, 3.05) is 18.6 Å². The Bertz CT molecular complexity index is 877. The van der Waals surface area contributed by atoms with E-state index >= 15 is 0 Å². The summed E-state index contributed by atoms with van der Waals surface area (Å²) in [7, 11) is 1.63. The second kappa shape index (κ2) is 6.68. The van der Waals surface area contributed by atoms with Gasteiger partial charge in [0, 0.05) is 11.1 Å². The number of anilines is 2. The standard InChI is InChI=1S/C17H20N6O2/c1-9(2)10-4-13(24-3)11(12-6-20-8-22-12)5-14(10)25-15-7-21-17(19)23-16(15)18/h4-9H,1-3H3,(H,20,22)(H4,18,19,21,23). The highest BCUT2D eigenvalue weighted by atomic mass is 16.5. The molecule has 0 aliphatic carbocycles. The van der Waals surface area contributed by atoms with E-state index in [1.165, 1.54) is 6.20 Å². The molecule has 130 valence electrons. The van der Waals surface area contributed by atoms with Gasteiger partial charge in [-0.25, -0.2) is 9.97 Å². The van der Waals surface area contributed by atoms with Gasteiger partial charge < -0.3 is 25.9 Å². The van der Waals surface area contributed by atoms with Crippen LogP contribution in [0.1, 0.15) is 25.3 Å². The van der Waals surface area contributed by atoms with Gasteiger partial charge in [0.1, 0.15) is 11.5 Å². The van der Waals surface area contributed by atoms with Crippen LogP contribution in [0, 0.1) is 0 Å². The third-order valence-electron chi connectivity index (χ3n) is 3.76. The fourth-order valence-electron chi connectivity index (χ4n) is 2.49. The molecule has 8 nitrogen and oxygen atoms in total. The van der Waals surface area contributed by atoms with Gasteiger partial charge in [-0.3, -0.25) is 0 Å². The Balaban J connectivity index is 2.11. The van der Waals surface area contributed by atoms with Crippen LogP contribution in [-0.4, -0.2) is 27.0 Å². The van der Waals surface area contributed by atoms with Crippen LogP contribution in [0.25, 0.3) is 11.3 Å². The lowest BCUT2D eigenvalue weighted by molar-refractivity contribution is 0.412. The molecule has 0 radical (unpaired) electrons. The molecule has 0 aliphatic rings. The Morgan fingerprint density at radius 1 is 1.08 bits per heavy atom. The molecule has 0 aliphatic heterocycles. The van der Waals surface area contributed by atoms with E-state index in [1.54, 1.807) is 19.6 Å². The summed E-state index contributed by atoms with van der Waals surface area (Å²) in [5, 5.41) is 0. The molecular formula is C17H20N6O2. The lowest BCUT2D eigenvalue weighted by atomic mass is 9.98. The van der Waals surface area contributed by atoms with Gasteiger partial charge in [-0.2, -0.15) is 4.98 Å². The molecule has 8 heteroatoms. The average Bonchev–Trinajstić information content (AvgIpc) is 3.11. The zero-order chi connectivity index (χ0) is 18.0. The molecule has 1 aromatic carbocycles. The summed E-state index contributed by atoms with van der Waals surface area (Å²) in [4.78, 5) is 15.0. The van der Waals surface area contributed by atoms with Crippen molar-refractivity contribution in [1.82, 2.24) is 19.9 Å². The molecule has 25 heavy (non-hydrogen) atoms. The highest BCUT2D eigenvalue weighted by Gasteiger charge is 2.18. The first kappa shape index (κ1) is 16.6. The molecule has 0 amide bonds. The maximum Gasteiger partial charge on any atom is 0.222 e. The fraction of sp³-hybridized carbons (Fsp3) is 0.235. The van der Waals surface area contributed by atoms with E-state index in [0.29, 0.717) is 11.5 Å². The summed E-state index contributed by atoms with van der Waals surface area (Å²) in [5.74, 6) is 2.19. The number of H-pyrrole nitrogens is 1. The van der Waals surface area contributed by atoms with Gasteiger partial charge in [0.2, 0.25) is 5.95 Å². The Hall–Kier alpha value is -3.29. The van der Waals surface area contributed by atoms with Crippen LogP contribution >= 0.6 is 0 Å². The number of rotatable bonds is 5. The lowest BCUT2D eigenvalue weighted by Gasteiger charge is -2.18. The Labute approximate surface area is 145 Å². The van der Waals surface area contributed by atoms with Crippen molar-refractivity contribution >= 4 is 11.8 Å². The molecule has 0 atom stereocenters. The molecule has 0 saturated heterocycles. The minimum atomic E-state index is 0.0989. The molecular weight excluding hydrogens is 320 g/mol. The smallest absolute Gasteiger partial charge is 0.222 e. The number of imidazole rings is 1.